The van der Waals surface area contributed by atoms with Gasteiger partial charge in [0.05, 0.1) is 33.0 Å². The maximum absolute atomic E-state index is 13.0. The van der Waals surface area contributed by atoms with Crippen LogP contribution in [0.1, 0.15) is 41.6 Å². The van der Waals surface area contributed by atoms with Crippen LogP contribution in [0.25, 0.3) is 0 Å². The fourth-order valence-corrected chi connectivity index (χ4v) is 4.78. The average Bonchev–Trinajstić information content (AvgIpc) is 3.24. The second kappa shape index (κ2) is 12.9. The van der Waals surface area contributed by atoms with E-state index in [1.165, 1.54) is 18.2 Å². The Morgan fingerprint density at radius 2 is 1.95 bits per heavy atom. The molecule has 1 atom stereocenters. The van der Waals surface area contributed by atoms with Gasteiger partial charge in [0.2, 0.25) is 5.91 Å². The van der Waals surface area contributed by atoms with Crippen LogP contribution in [0.2, 0.25) is 10.0 Å². The van der Waals surface area contributed by atoms with Crippen LogP contribution in [-0.2, 0) is 11.3 Å². The number of benzene rings is 2. The van der Waals surface area contributed by atoms with Crippen molar-refractivity contribution in [2.24, 2.45) is 5.92 Å². The van der Waals surface area contributed by atoms with Gasteiger partial charge >= 0.3 is 0 Å². The van der Waals surface area contributed by atoms with Crippen molar-refractivity contribution in [2.75, 3.05) is 11.1 Å². The van der Waals surface area contributed by atoms with Gasteiger partial charge in [0.25, 0.3) is 11.6 Å². The summed E-state index contributed by atoms with van der Waals surface area (Å²) in [5.74, 6) is -0.332. The predicted molar refractivity (Wildman–Crippen MR) is 149 cm³/mol. The molecule has 0 saturated heterocycles. The van der Waals surface area contributed by atoms with Crippen LogP contribution in [0, 0.1) is 23.0 Å². The number of nitro groups is 1. The number of hydrogen-bond donors (Lipinski definition) is 2. The number of nitrogens with one attached hydrogen (secondary N) is 2. The average molecular weight is 577 g/mol. The zero-order chi connectivity index (χ0) is 28.0. The number of anilines is 1. The number of thioether (sulfide) groups is 1. The van der Waals surface area contributed by atoms with Crippen LogP contribution in [-0.4, -0.2) is 37.3 Å². The molecule has 0 aliphatic carbocycles. The fraction of sp³-hybridized carbons (Fsp3) is 0.280. The standard InChI is InChI=1S/C25H26Cl2N6O4S/c1-5-10-32-23(22(14(2)3)29-24(35)18-9-7-16(26)11-19(18)27)30-31-25(32)38-13-21(34)28-20-12-17(33(36)37)8-6-15(20)4/h5-9,11-12,14,22H,1,10,13H2,2-4H3,(H,28,34)(H,29,35)/t22-/m1/s1. The number of allylic oxidation sites excluding steroid dienone is 1. The zero-order valence-electron chi connectivity index (χ0n) is 20.9. The van der Waals surface area contributed by atoms with Crippen molar-refractivity contribution in [3.63, 3.8) is 0 Å². The van der Waals surface area contributed by atoms with Gasteiger partial charge in [-0.15, -0.1) is 16.8 Å². The maximum atomic E-state index is 13.0. The highest BCUT2D eigenvalue weighted by Gasteiger charge is 2.27. The summed E-state index contributed by atoms with van der Waals surface area (Å²) < 4.78 is 1.78. The summed E-state index contributed by atoms with van der Waals surface area (Å²) in [6, 6.07) is 8.39. The van der Waals surface area contributed by atoms with E-state index >= 15 is 0 Å². The van der Waals surface area contributed by atoms with E-state index in [2.05, 4.69) is 27.4 Å². The van der Waals surface area contributed by atoms with E-state index in [1.54, 1.807) is 35.8 Å². The Labute approximate surface area is 234 Å². The third-order valence-electron chi connectivity index (χ3n) is 5.50. The van der Waals surface area contributed by atoms with Gasteiger partial charge in [0.15, 0.2) is 11.0 Å². The molecule has 0 aliphatic heterocycles. The smallest absolute Gasteiger partial charge is 0.271 e. The Bertz CT molecular complexity index is 1380. The zero-order valence-corrected chi connectivity index (χ0v) is 23.2. The van der Waals surface area contributed by atoms with E-state index in [1.807, 2.05) is 13.8 Å². The van der Waals surface area contributed by atoms with Crippen molar-refractivity contribution >= 4 is 58.2 Å². The second-order valence-electron chi connectivity index (χ2n) is 8.65. The van der Waals surface area contributed by atoms with E-state index in [-0.39, 0.29) is 39.8 Å². The first kappa shape index (κ1) is 29.2. The van der Waals surface area contributed by atoms with E-state index < -0.39 is 11.0 Å². The molecule has 0 unspecified atom stereocenters. The number of nitrogens with zero attached hydrogens (tertiary/aromatic N) is 4. The Kier molecular flexibility index (Phi) is 9.90. The molecule has 0 fully saturated rings. The number of carbonyl (C=O) groups is 2. The van der Waals surface area contributed by atoms with Gasteiger partial charge in [-0.1, -0.05) is 61.0 Å². The predicted octanol–water partition coefficient (Wildman–Crippen LogP) is 5.85. The number of aromatic nitrogens is 3. The second-order valence-corrected chi connectivity index (χ2v) is 10.4. The molecular formula is C25H26Cl2N6O4S. The summed E-state index contributed by atoms with van der Waals surface area (Å²) in [5, 5.41) is 26.4. The van der Waals surface area contributed by atoms with Gasteiger partial charge in [-0.2, -0.15) is 0 Å². The number of rotatable bonds is 11. The minimum atomic E-state index is -0.520. The Morgan fingerprint density at radius 3 is 2.58 bits per heavy atom. The third kappa shape index (κ3) is 7.12. The molecular weight excluding hydrogens is 551 g/mol. The van der Waals surface area contributed by atoms with Crippen LogP contribution < -0.4 is 10.6 Å². The van der Waals surface area contributed by atoms with Crippen molar-refractivity contribution in [3.8, 4) is 0 Å². The molecule has 0 bridgehead atoms. The molecule has 0 radical (unpaired) electrons. The molecule has 0 aliphatic rings. The number of halogens is 2. The summed E-state index contributed by atoms with van der Waals surface area (Å²) in [6.45, 7) is 9.75. The molecule has 2 aromatic carbocycles. The van der Waals surface area contributed by atoms with Crippen molar-refractivity contribution in [3.05, 3.63) is 86.2 Å². The highest BCUT2D eigenvalue weighted by atomic mass is 35.5. The number of nitro benzene ring substituents is 1. The first-order valence-corrected chi connectivity index (χ1v) is 13.2. The van der Waals surface area contributed by atoms with Gasteiger partial charge < -0.3 is 15.2 Å². The minimum absolute atomic E-state index is 0.0174. The van der Waals surface area contributed by atoms with Crippen LogP contribution in [0.5, 0.6) is 0 Å². The molecule has 3 rings (SSSR count). The molecule has 38 heavy (non-hydrogen) atoms. The highest BCUT2D eigenvalue weighted by Crippen LogP contribution is 2.28. The quantitative estimate of drug-likeness (QED) is 0.127. The molecule has 2 amide bonds. The lowest BCUT2D eigenvalue weighted by Gasteiger charge is -2.23. The number of hydrogen-bond acceptors (Lipinski definition) is 7. The van der Waals surface area contributed by atoms with E-state index in [9.17, 15) is 19.7 Å². The Hall–Kier alpha value is -3.41. The molecule has 0 saturated carbocycles. The normalized spacial score (nSPS) is 11.7. The minimum Gasteiger partial charge on any atom is -0.342 e. The Morgan fingerprint density at radius 1 is 1.21 bits per heavy atom. The number of aryl methyl sites for hydroxylation is 1. The molecule has 200 valence electrons. The van der Waals surface area contributed by atoms with Crippen molar-refractivity contribution in [2.45, 2.75) is 38.5 Å². The molecule has 1 heterocycles. The van der Waals surface area contributed by atoms with E-state index in [0.29, 0.717) is 33.8 Å². The highest BCUT2D eigenvalue weighted by molar-refractivity contribution is 7.99. The SMILES string of the molecule is C=CCn1c(SCC(=O)Nc2cc([N+](=O)[O-])ccc2C)nnc1[C@H](NC(=O)c1ccc(Cl)cc1Cl)C(C)C. The number of non-ortho nitro benzene ring substituents is 1. The van der Waals surface area contributed by atoms with Crippen molar-refractivity contribution in [1.29, 1.82) is 0 Å². The van der Waals surface area contributed by atoms with Crippen LogP contribution in [0.4, 0.5) is 11.4 Å². The van der Waals surface area contributed by atoms with Crippen molar-refractivity contribution < 1.29 is 14.5 Å². The molecule has 1 aromatic heterocycles. The van der Waals surface area contributed by atoms with Gasteiger partial charge in [0.1, 0.15) is 0 Å². The van der Waals surface area contributed by atoms with Crippen molar-refractivity contribution in [1.82, 2.24) is 20.1 Å². The summed E-state index contributed by atoms with van der Waals surface area (Å²) in [5.41, 5.74) is 1.22. The van der Waals surface area contributed by atoms with E-state index in [4.69, 9.17) is 23.2 Å². The van der Waals surface area contributed by atoms with E-state index in [0.717, 1.165) is 11.8 Å². The summed E-state index contributed by atoms with van der Waals surface area (Å²) >= 11 is 13.3. The first-order chi connectivity index (χ1) is 18.0. The van der Waals surface area contributed by atoms with Crippen LogP contribution in [0.15, 0.2) is 54.2 Å². The molecule has 3 aromatic rings. The molecule has 2 N–H and O–H groups in total. The lowest BCUT2D eigenvalue weighted by atomic mass is 10.0. The maximum Gasteiger partial charge on any atom is 0.271 e. The molecule has 0 spiro atoms. The third-order valence-corrected chi connectivity index (χ3v) is 7.02. The van der Waals surface area contributed by atoms with Gasteiger partial charge in [-0.3, -0.25) is 19.7 Å². The van der Waals surface area contributed by atoms with Crippen LogP contribution >= 0.6 is 35.0 Å². The summed E-state index contributed by atoms with van der Waals surface area (Å²) in [7, 11) is 0. The summed E-state index contributed by atoms with van der Waals surface area (Å²) in [4.78, 5) is 36.2. The lowest BCUT2D eigenvalue weighted by Crippen LogP contribution is -2.34. The lowest BCUT2D eigenvalue weighted by molar-refractivity contribution is -0.384. The van der Waals surface area contributed by atoms with Gasteiger partial charge in [-0.05, 0) is 36.6 Å². The summed E-state index contributed by atoms with van der Waals surface area (Å²) in [6.07, 6.45) is 1.67. The number of carbonyl (C=O) groups excluding carboxylic acids is 2. The fourth-order valence-electron chi connectivity index (χ4n) is 3.53. The van der Waals surface area contributed by atoms with Gasteiger partial charge in [-0.25, -0.2) is 0 Å². The largest absolute Gasteiger partial charge is 0.342 e. The topological polar surface area (TPSA) is 132 Å². The Balaban J connectivity index is 1.78. The van der Waals surface area contributed by atoms with Gasteiger partial charge in [0, 0.05) is 23.7 Å². The monoisotopic (exact) mass is 576 g/mol. The van der Waals surface area contributed by atoms with Crippen LogP contribution in [0.3, 0.4) is 0 Å². The first-order valence-electron chi connectivity index (χ1n) is 11.5. The molecule has 13 heteroatoms. The molecule has 10 nitrogen and oxygen atoms in total. The number of amides is 2.